The summed E-state index contributed by atoms with van der Waals surface area (Å²) in [6, 6.07) is 28.7. The van der Waals surface area contributed by atoms with Gasteiger partial charge in [0.1, 0.15) is 19.8 Å². The maximum absolute atomic E-state index is 12.0. The molecule has 0 unspecified atom stereocenters. The van der Waals surface area contributed by atoms with E-state index in [1.807, 2.05) is 65.1 Å². The van der Waals surface area contributed by atoms with Crippen LogP contribution < -0.4 is 10.6 Å². The molecule has 0 atom stereocenters. The van der Waals surface area contributed by atoms with Gasteiger partial charge in [-0.3, -0.25) is 9.59 Å². The molecule has 524 valence electrons. The van der Waals surface area contributed by atoms with Gasteiger partial charge in [0.15, 0.2) is 0 Å². The van der Waals surface area contributed by atoms with Gasteiger partial charge in [-0.2, -0.15) is 19.3 Å². The van der Waals surface area contributed by atoms with Crippen molar-refractivity contribution in [3.8, 4) is 12.5 Å². The Morgan fingerprint density at radius 3 is 1.15 bits per heavy atom. The van der Waals surface area contributed by atoms with Crippen molar-refractivity contribution in [3.05, 3.63) is 142 Å². The molecule has 0 radical (unpaired) electrons. The molecule has 0 heterocycles. The topological polar surface area (TPSA) is 274 Å². The highest BCUT2D eigenvalue weighted by Crippen LogP contribution is 2.21. The third-order valence-electron chi connectivity index (χ3n) is 10.2. The number of alkyl carbamates (subject to hydrolysis) is 2. The van der Waals surface area contributed by atoms with E-state index in [9.17, 15) is 81.5 Å². The summed E-state index contributed by atoms with van der Waals surface area (Å²) in [7, 11) is 0. The number of isocyanates is 2. The number of aryl methyl sites for hydroxylation is 2. The number of carbonyl (C=O) groups excluding carboxylic acids is 6. The largest absolute Gasteiger partial charge is 0.465 e. The molecule has 0 fully saturated rings. The van der Waals surface area contributed by atoms with E-state index in [0.29, 0.717) is 24.3 Å². The second-order valence-corrected chi connectivity index (χ2v) is 19.0. The van der Waals surface area contributed by atoms with Gasteiger partial charge in [-0.05, 0) is 66.7 Å². The van der Waals surface area contributed by atoms with Gasteiger partial charge < -0.3 is 44.2 Å². The number of nitrogens with zero attached hydrogens (tertiary/aromatic N) is 4. The van der Waals surface area contributed by atoms with Crippen LogP contribution in [0.2, 0.25) is 0 Å². The van der Waals surface area contributed by atoms with Crippen molar-refractivity contribution in [3.63, 3.8) is 0 Å². The summed E-state index contributed by atoms with van der Waals surface area (Å²) in [5, 5.41) is 28.9. The lowest BCUT2D eigenvalue weighted by Crippen LogP contribution is -2.30. The van der Waals surface area contributed by atoms with Crippen LogP contribution in [0.1, 0.15) is 98.8 Å². The zero-order valence-corrected chi connectivity index (χ0v) is 54.2. The molecule has 0 saturated heterocycles. The summed E-state index contributed by atoms with van der Waals surface area (Å²) in [6.07, 6.45) is -10.1. The van der Waals surface area contributed by atoms with E-state index in [4.69, 9.17) is 21.7 Å². The standard InChI is InChI=1S/C17H21F4NO4.C14H15F2NO3.C13H14F2N2O3.C10H8N2O2.C3H4F4O.C2H5I.CH3I.CH4/c18-14(19)6-8-25-16(23)5-4-12-2-1-3-13(10-12)11-22-17(24)26-9-7-15(20)21;15-13(16)6-7-20-14(18)5-4-11-2-1-3-12(8-11)9-19-10-17;14-12(15)4-5-20-13(19)17-8-11-3-1-2-10(6-11)7-16-9-18;11-7-14-6-10-3-1-2-9(4-10)5-12-8-13;4-2(5)3(6,7)1-8;1-2-3;1-2;/h1-3,10,14-15H,4-9,11H2,(H,22,24);1-3,8,13H,4-7,9H2;1-3,6,12H,4-5,7-8H2,(H,17,19);1-4H,5-6H2;2,8H,1H2;2H2,1H3;1H3;1H4/i;;;;;;1D;. The van der Waals surface area contributed by atoms with E-state index in [2.05, 4.69) is 73.8 Å². The van der Waals surface area contributed by atoms with Crippen LogP contribution >= 0.6 is 45.2 Å². The number of nitriles is 2. The monoisotopic (exact) mass is 1580 g/mol. The second-order valence-electron chi connectivity index (χ2n) is 17.5. The zero-order valence-electron chi connectivity index (χ0n) is 50.9. The molecule has 2 amide bonds. The average Bonchev–Trinajstić information content (AvgIpc) is 1.30. The third kappa shape index (κ3) is 57.0. The van der Waals surface area contributed by atoms with Gasteiger partial charge in [0.25, 0.3) is 12.5 Å². The van der Waals surface area contributed by atoms with Crippen LogP contribution in [0.4, 0.5) is 62.3 Å². The van der Waals surface area contributed by atoms with Crippen molar-refractivity contribution < 1.29 is 116 Å². The number of rotatable bonds is 32. The first-order valence-corrected chi connectivity index (χ1v) is 30.2. The third-order valence-corrected chi connectivity index (χ3v) is 10.2. The van der Waals surface area contributed by atoms with Crippen molar-refractivity contribution in [2.45, 2.75) is 143 Å². The number of ether oxygens (including phenoxy) is 6. The van der Waals surface area contributed by atoms with Crippen molar-refractivity contribution in [2.75, 3.05) is 42.4 Å². The molecule has 4 rings (SSSR count). The zero-order chi connectivity index (χ0) is 71.4. The highest BCUT2D eigenvalue weighted by molar-refractivity contribution is 14.1. The summed E-state index contributed by atoms with van der Waals surface area (Å²) in [4.78, 5) is 72.6. The molecule has 0 aliphatic carbocycles. The van der Waals surface area contributed by atoms with E-state index >= 15 is 0 Å². The van der Waals surface area contributed by atoms with Crippen LogP contribution in [-0.4, -0.2) is 122 Å². The fourth-order valence-electron chi connectivity index (χ4n) is 6.07. The van der Waals surface area contributed by atoms with E-state index < -0.39 is 94.5 Å². The van der Waals surface area contributed by atoms with Crippen molar-refractivity contribution in [2.24, 2.45) is 9.98 Å². The van der Waals surface area contributed by atoms with Crippen LogP contribution in [0, 0.1) is 23.0 Å². The fourth-order valence-corrected chi connectivity index (χ4v) is 6.07. The van der Waals surface area contributed by atoms with E-state index in [1.54, 1.807) is 67.1 Å². The Balaban J connectivity index is -0.000000549. The van der Waals surface area contributed by atoms with Gasteiger partial charge in [0, 0.05) is 53.0 Å². The molecule has 33 heteroatoms. The summed E-state index contributed by atoms with van der Waals surface area (Å²) in [6.45, 7) is 0.353. The van der Waals surface area contributed by atoms with Crippen molar-refractivity contribution in [1.82, 2.24) is 10.6 Å². The summed E-state index contributed by atoms with van der Waals surface area (Å²) in [5.41, 5.74) is 6.64. The lowest BCUT2D eigenvalue weighted by atomic mass is 10.1. The first-order valence-electron chi connectivity index (χ1n) is 27.8. The SMILES string of the molecule is C.CCI.N#COCc1cccc(CCC(=O)OCCC(F)F)c1.N#COCc1cccc(CN=C=O)c1.O=C(CCc1cccc(CNC(=O)OCCC(F)F)c1)OCCC(F)F.O=C=NCc1cccc(CNC(=O)OCCC(F)F)c1.OCC(F)(F)C(F)F.[2H]CI. The van der Waals surface area contributed by atoms with E-state index in [-0.39, 0.29) is 79.5 Å². The Labute approximate surface area is 565 Å². The minimum absolute atomic E-state index is 0. The number of esters is 2. The molecule has 0 aromatic heterocycles. The number of hydrogen-bond acceptors (Lipinski definition) is 17. The number of halogens is 14. The fraction of sp³-hybridized carbons (Fsp3) is 0.475. The molecular weight excluding hydrogens is 1510 g/mol. The Kier molecular flexibility index (Phi) is 59.2. The minimum Gasteiger partial charge on any atom is -0.465 e. The summed E-state index contributed by atoms with van der Waals surface area (Å²) >= 11 is 4.24. The van der Waals surface area contributed by atoms with Crippen molar-refractivity contribution in [1.29, 1.82) is 10.5 Å². The first-order chi connectivity index (χ1) is 44.8. The molecule has 94 heavy (non-hydrogen) atoms. The molecule has 3 N–H and O–H groups in total. The predicted octanol–water partition coefficient (Wildman–Crippen LogP) is 14.4. The van der Waals surface area contributed by atoms with Gasteiger partial charge >= 0.3 is 36.5 Å². The number of hydrogen-bond donors (Lipinski definition) is 3. The molecule has 19 nitrogen and oxygen atoms in total. The number of nitrogens with one attached hydrogen (secondary N) is 2. The summed E-state index contributed by atoms with van der Waals surface area (Å²) in [5.74, 6) is -5.29. The number of aliphatic hydroxyl groups is 1. The molecule has 0 aliphatic heterocycles. The smallest absolute Gasteiger partial charge is 0.407 e. The number of alkyl halides is 14. The van der Waals surface area contributed by atoms with Gasteiger partial charge in [-0.25, -0.2) is 73.1 Å². The molecule has 0 spiro atoms. The van der Waals surface area contributed by atoms with Gasteiger partial charge in [-0.1, -0.05) is 157 Å². The van der Waals surface area contributed by atoms with Crippen LogP contribution in [0.25, 0.3) is 0 Å². The molecular formula is C61H74F12I2N6O13. The molecule has 4 aromatic rings. The Morgan fingerprint density at radius 2 is 0.851 bits per heavy atom. The van der Waals surface area contributed by atoms with Crippen LogP contribution in [-0.2, 0) is 99.8 Å². The minimum atomic E-state index is -4.24. The first kappa shape index (κ1) is 90.5. The Bertz CT molecular complexity index is 2830. The number of aliphatic hydroxyl groups excluding tert-OH is 1. The van der Waals surface area contributed by atoms with E-state index in [1.165, 1.54) is 16.6 Å². The predicted molar refractivity (Wildman–Crippen MR) is 337 cm³/mol. The molecule has 0 saturated carbocycles. The lowest BCUT2D eigenvalue weighted by molar-refractivity contribution is -0.153. The lowest BCUT2D eigenvalue weighted by Gasteiger charge is -2.09. The number of benzene rings is 4. The van der Waals surface area contributed by atoms with Crippen molar-refractivity contribution >= 4 is 81.5 Å². The van der Waals surface area contributed by atoms with Crippen LogP contribution in [0.5, 0.6) is 0 Å². The molecule has 0 bridgehead atoms. The number of amides is 2. The van der Waals surface area contributed by atoms with Gasteiger partial charge in [0.2, 0.25) is 37.9 Å². The molecule has 4 aromatic carbocycles. The quantitative estimate of drug-likeness (QED) is 0.00599. The van der Waals surface area contributed by atoms with Crippen LogP contribution in [0.15, 0.2) is 107 Å². The Morgan fingerprint density at radius 1 is 0.564 bits per heavy atom. The van der Waals surface area contributed by atoms with E-state index in [0.717, 1.165) is 44.5 Å². The van der Waals surface area contributed by atoms with Crippen LogP contribution in [0.3, 0.4) is 0 Å². The maximum atomic E-state index is 12.0. The number of aliphatic imine (C=N–C) groups is 2. The highest BCUT2D eigenvalue weighted by Gasteiger charge is 2.39. The average molecular weight is 1580 g/mol. The Hall–Kier alpha value is -7.72. The maximum Gasteiger partial charge on any atom is 0.407 e. The normalized spacial score (nSPS) is 10.0. The number of carbonyl (C=O) groups is 4. The van der Waals surface area contributed by atoms with Gasteiger partial charge in [0.05, 0.1) is 39.5 Å². The highest BCUT2D eigenvalue weighted by atomic mass is 127. The van der Waals surface area contributed by atoms with Gasteiger partial charge in [-0.15, -0.1) is 0 Å². The molecule has 0 aliphatic rings. The summed E-state index contributed by atoms with van der Waals surface area (Å²) < 4.78 is 175. The second kappa shape index (κ2) is 61.5.